The molecule has 31 heavy (non-hydrogen) atoms. The van der Waals surface area contributed by atoms with Gasteiger partial charge in [-0.1, -0.05) is 123 Å². The molecule has 0 saturated heterocycles. The van der Waals surface area contributed by atoms with E-state index in [0.717, 1.165) is 19.3 Å². The van der Waals surface area contributed by atoms with Crippen molar-refractivity contribution in [3.8, 4) is 0 Å². The molecular weight excluding hydrogens is 386 g/mol. The number of hydroxylamine groups is 1. The van der Waals surface area contributed by atoms with Crippen molar-refractivity contribution in [3.05, 3.63) is 23.8 Å². The van der Waals surface area contributed by atoms with Crippen LogP contribution < -0.4 is 5.48 Å². The summed E-state index contributed by atoms with van der Waals surface area (Å²) in [7, 11) is 0. The number of carbonyl (C=O) groups excluding carboxylic acids is 2. The maximum Gasteiger partial charge on any atom is 0.358 e. The summed E-state index contributed by atoms with van der Waals surface area (Å²) in [5.41, 5.74) is 3.20. The van der Waals surface area contributed by atoms with Crippen molar-refractivity contribution in [2.45, 2.75) is 136 Å². The first-order valence-corrected chi connectivity index (χ1v) is 12.9. The number of carbonyl (C=O) groups is 2. The van der Waals surface area contributed by atoms with E-state index in [2.05, 4.69) is 19.0 Å². The van der Waals surface area contributed by atoms with Gasteiger partial charge in [-0.25, -0.2) is 4.79 Å². The smallest absolute Gasteiger partial charge is 0.335 e. The first-order valence-electron chi connectivity index (χ1n) is 12.9. The van der Waals surface area contributed by atoms with Crippen molar-refractivity contribution >= 4 is 11.9 Å². The molecule has 0 aliphatic heterocycles. The van der Waals surface area contributed by atoms with Crippen molar-refractivity contribution in [2.75, 3.05) is 0 Å². The first-order chi connectivity index (χ1) is 15.0. The van der Waals surface area contributed by atoms with Crippen LogP contribution in [0.4, 0.5) is 0 Å². The van der Waals surface area contributed by atoms with Crippen molar-refractivity contribution < 1.29 is 14.4 Å². The van der Waals surface area contributed by atoms with Gasteiger partial charge in [-0.2, -0.15) is 5.48 Å². The van der Waals surface area contributed by atoms with Gasteiger partial charge in [0, 0.05) is 11.1 Å². The van der Waals surface area contributed by atoms with Gasteiger partial charge in [0.15, 0.2) is 0 Å². The minimum absolute atomic E-state index is 0.263. The molecule has 0 heterocycles. The maximum absolute atomic E-state index is 12.2. The fraction of sp³-hybridized carbons (Fsp3) is 0.778. The van der Waals surface area contributed by atoms with Gasteiger partial charge in [-0.15, -0.1) is 0 Å². The molecule has 0 radical (unpaired) electrons. The van der Waals surface area contributed by atoms with E-state index < -0.39 is 5.97 Å². The van der Waals surface area contributed by atoms with Gasteiger partial charge in [0.2, 0.25) is 0 Å². The Balaban J connectivity index is 3.67. The van der Waals surface area contributed by atoms with E-state index in [1.54, 1.807) is 6.92 Å². The molecule has 1 amide bonds. The highest BCUT2D eigenvalue weighted by molar-refractivity contribution is 5.94. The summed E-state index contributed by atoms with van der Waals surface area (Å²) in [4.78, 5) is 28.3. The second-order valence-electron chi connectivity index (χ2n) is 8.82. The van der Waals surface area contributed by atoms with Crippen LogP contribution in [0.1, 0.15) is 136 Å². The molecule has 1 N–H and O–H groups in total. The van der Waals surface area contributed by atoms with Crippen LogP contribution in [0.15, 0.2) is 23.8 Å². The molecule has 0 atom stereocenters. The Morgan fingerprint density at radius 3 is 1.61 bits per heavy atom. The van der Waals surface area contributed by atoms with Crippen LogP contribution >= 0.6 is 0 Å². The molecule has 0 aliphatic rings. The molecule has 0 aromatic heterocycles. The third kappa shape index (κ3) is 18.9. The van der Waals surface area contributed by atoms with Gasteiger partial charge in [0.05, 0.1) is 0 Å². The fourth-order valence-electron chi connectivity index (χ4n) is 3.61. The van der Waals surface area contributed by atoms with Crippen LogP contribution in [-0.4, -0.2) is 11.9 Å². The molecule has 0 bridgehead atoms. The number of hydrogen-bond acceptors (Lipinski definition) is 3. The van der Waals surface area contributed by atoms with Gasteiger partial charge in [-0.05, 0) is 26.2 Å². The van der Waals surface area contributed by atoms with Gasteiger partial charge in [-0.3, -0.25) is 4.79 Å². The zero-order valence-electron chi connectivity index (χ0n) is 20.7. The van der Waals surface area contributed by atoms with Crippen molar-refractivity contribution in [2.24, 2.45) is 0 Å². The predicted molar refractivity (Wildman–Crippen MR) is 132 cm³/mol. The fourth-order valence-corrected chi connectivity index (χ4v) is 3.61. The van der Waals surface area contributed by atoms with Crippen LogP contribution in [0.3, 0.4) is 0 Å². The molecular formula is C27H49NO3. The molecule has 0 spiro atoms. The average molecular weight is 436 g/mol. The number of rotatable bonds is 20. The number of allylic oxidation sites excluding steroid dienone is 1. The number of unbranched alkanes of at least 4 members (excludes halogenated alkanes) is 15. The van der Waals surface area contributed by atoms with E-state index in [-0.39, 0.29) is 11.5 Å². The van der Waals surface area contributed by atoms with Crippen LogP contribution in [0.2, 0.25) is 0 Å². The standard InChI is InChI=1S/C27H49NO3/c1-5-7-8-9-10-11-12-13-14-15-16-17-18-19-20-21-23-25(22-6-2)26(29)28-31-27(30)24(3)4/h23H,3,5-22H2,1-2,4H3,(H,28,29). The van der Waals surface area contributed by atoms with Gasteiger partial charge >= 0.3 is 5.97 Å². The number of nitrogens with one attached hydrogen (secondary N) is 1. The average Bonchev–Trinajstić information content (AvgIpc) is 2.76. The molecule has 0 saturated carbocycles. The zero-order chi connectivity index (χ0) is 23.2. The summed E-state index contributed by atoms with van der Waals surface area (Å²) < 4.78 is 0. The summed E-state index contributed by atoms with van der Waals surface area (Å²) in [6.45, 7) is 9.36. The van der Waals surface area contributed by atoms with E-state index >= 15 is 0 Å². The third-order valence-electron chi connectivity index (χ3n) is 5.59. The summed E-state index contributed by atoms with van der Waals surface area (Å²) in [5.74, 6) is -0.927. The van der Waals surface area contributed by atoms with Gasteiger partial charge in [0.1, 0.15) is 0 Å². The summed E-state index contributed by atoms with van der Waals surface area (Å²) in [6.07, 6.45) is 24.7. The lowest BCUT2D eigenvalue weighted by atomic mass is 10.0. The largest absolute Gasteiger partial charge is 0.358 e. The van der Waals surface area contributed by atoms with Crippen LogP contribution in [0.25, 0.3) is 0 Å². The first kappa shape index (κ1) is 29.4. The van der Waals surface area contributed by atoms with E-state index in [1.165, 1.54) is 89.9 Å². The van der Waals surface area contributed by atoms with Gasteiger partial charge < -0.3 is 4.84 Å². The zero-order valence-corrected chi connectivity index (χ0v) is 20.7. The lowest BCUT2D eigenvalue weighted by Gasteiger charge is -2.08. The lowest BCUT2D eigenvalue weighted by Crippen LogP contribution is -2.28. The molecule has 0 unspecified atom stereocenters. The minimum atomic E-state index is -0.605. The Hall–Kier alpha value is -1.58. The molecule has 180 valence electrons. The highest BCUT2D eigenvalue weighted by atomic mass is 16.7. The van der Waals surface area contributed by atoms with Crippen LogP contribution in [0, 0.1) is 0 Å². The summed E-state index contributed by atoms with van der Waals surface area (Å²) >= 11 is 0. The van der Waals surface area contributed by atoms with Crippen LogP contribution in [0.5, 0.6) is 0 Å². The molecule has 0 rings (SSSR count). The quantitative estimate of drug-likeness (QED) is 0.119. The Kier molecular flexibility index (Phi) is 20.5. The van der Waals surface area contributed by atoms with Crippen molar-refractivity contribution in [1.82, 2.24) is 5.48 Å². The minimum Gasteiger partial charge on any atom is -0.335 e. The Labute approximate surface area is 192 Å². The van der Waals surface area contributed by atoms with E-state index in [9.17, 15) is 9.59 Å². The number of amides is 1. The SMILES string of the molecule is C=C(C)C(=O)ONC(=O)C(=CCCCCCCCCCCCCCCCCC)CCC. The predicted octanol–water partition coefficient (Wildman–Crippen LogP) is 8.12. The molecule has 4 heteroatoms. The molecule has 0 aromatic rings. The Morgan fingerprint density at radius 1 is 0.742 bits per heavy atom. The summed E-state index contributed by atoms with van der Waals surface area (Å²) in [5, 5.41) is 0. The highest BCUT2D eigenvalue weighted by Gasteiger charge is 2.11. The molecule has 0 fully saturated rings. The Morgan fingerprint density at radius 2 is 1.19 bits per heavy atom. The second-order valence-corrected chi connectivity index (χ2v) is 8.82. The second kappa shape index (κ2) is 21.6. The van der Waals surface area contributed by atoms with E-state index in [1.807, 2.05) is 13.0 Å². The highest BCUT2D eigenvalue weighted by Crippen LogP contribution is 2.14. The van der Waals surface area contributed by atoms with Crippen LogP contribution in [-0.2, 0) is 14.4 Å². The molecule has 0 aromatic carbocycles. The Bertz CT molecular complexity index is 511. The van der Waals surface area contributed by atoms with Crippen molar-refractivity contribution in [1.29, 1.82) is 0 Å². The number of hydrogen-bond donors (Lipinski definition) is 1. The maximum atomic E-state index is 12.2. The monoisotopic (exact) mass is 435 g/mol. The molecule has 4 nitrogen and oxygen atoms in total. The topological polar surface area (TPSA) is 55.4 Å². The van der Waals surface area contributed by atoms with Gasteiger partial charge in [0.25, 0.3) is 5.91 Å². The lowest BCUT2D eigenvalue weighted by molar-refractivity contribution is -0.153. The van der Waals surface area contributed by atoms with E-state index in [0.29, 0.717) is 12.0 Å². The van der Waals surface area contributed by atoms with Crippen molar-refractivity contribution in [3.63, 3.8) is 0 Å². The normalized spacial score (nSPS) is 11.4. The summed E-state index contributed by atoms with van der Waals surface area (Å²) in [6, 6.07) is 0. The third-order valence-corrected chi connectivity index (χ3v) is 5.59. The molecule has 0 aliphatic carbocycles. The van der Waals surface area contributed by atoms with E-state index in [4.69, 9.17) is 4.84 Å².